The van der Waals surface area contributed by atoms with Crippen LogP contribution in [0, 0.1) is 0 Å². The van der Waals surface area contributed by atoms with Crippen molar-refractivity contribution >= 4 is 104 Å². The van der Waals surface area contributed by atoms with Crippen molar-refractivity contribution in [3.63, 3.8) is 0 Å². The minimum Gasteiger partial charge on any atom is -0.456 e. The van der Waals surface area contributed by atoms with Crippen molar-refractivity contribution in [3.8, 4) is 22.3 Å². The van der Waals surface area contributed by atoms with E-state index in [0.29, 0.717) is 0 Å². The lowest BCUT2D eigenvalue weighted by Crippen LogP contribution is -2.87. The molecule has 2 aliphatic heterocycles. The van der Waals surface area contributed by atoms with Gasteiger partial charge in [-0.05, 0) is 104 Å². The summed E-state index contributed by atoms with van der Waals surface area (Å²) in [7, 11) is -4.63. The van der Waals surface area contributed by atoms with Crippen LogP contribution >= 0.6 is 11.8 Å². The number of rotatable bonds is 6. The van der Waals surface area contributed by atoms with E-state index in [0.717, 1.165) is 44.6 Å². The molecule has 0 fully saturated rings. The normalized spacial score (nSPS) is 14.4. The van der Waals surface area contributed by atoms with Crippen molar-refractivity contribution < 1.29 is 4.42 Å². The summed E-state index contributed by atoms with van der Waals surface area (Å²) in [6.45, 7) is 0. The molecule has 10 aromatic carbocycles. The molecule has 1 spiro atoms. The van der Waals surface area contributed by atoms with Crippen LogP contribution in [-0.2, 0) is 0 Å². The van der Waals surface area contributed by atoms with Crippen molar-refractivity contribution in [2.24, 2.45) is 0 Å². The van der Waals surface area contributed by atoms with Gasteiger partial charge in [0.25, 0.3) is 0 Å². The van der Waals surface area contributed by atoms with Crippen LogP contribution in [-0.4, -0.2) is 16.9 Å². The van der Waals surface area contributed by atoms with Crippen molar-refractivity contribution in [3.05, 3.63) is 243 Å². The Morgan fingerprint density at radius 3 is 1.57 bits per heavy atom. The lowest BCUT2D eigenvalue weighted by Gasteiger charge is -2.46. The van der Waals surface area contributed by atoms with Gasteiger partial charge in [0.1, 0.15) is 20.0 Å². The fraction of sp³-hybridized carbons (Fsp3) is 0. The Bertz CT molecular complexity index is 3540. The third-order valence-corrected chi connectivity index (χ3v) is 24.1. The summed E-state index contributed by atoms with van der Waals surface area (Å²) in [5.41, 5.74) is 9.77. The van der Waals surface area contributed by atoms with E-state index in [1.807, 2.05) is 11.8 Å². The van der Waals surface area contributed by atoms with Crippen molar-refractivity contribution in [2.75, 3.05) is 4.90 Å². The molecule has 0 amide bonds. The Labute approximate surface area is 385 Å². The van der Waals surface area contributed by atoms with Crippen LogP contribution in [0.4, 0.5) is 17.1 Å². The van der Waals surface area contributed by atoms with Gasteiger partial charge in [0.2, 0.25) is 0 Å². The zero-order valence-corrected chi connectivity index (χ0v) is 38.4. The number of para-hydroxylation sites is 1. The Morgan fingerprint density at radius 2 is 0.846 bits per heavy atom. The van der Waals surface area contributed by atoms with Gasteiger partial charge < -0.3 is 9.32 Å². The molecule has 1 aromatic heterocycles. The van der Waals surface area contributed by atoms with E-state index in [2.05, 4.69) is 248 Å². The first-order valence-corrected chi connectivity index (χ1v) is 26.9. The fourth-order valence-corrected chi connectivity index (χ4v) is 23.3. The number of hydrogen-bond acceptors (Lipinski definition) is 3. The van der Waals surface area contributed by atoms with Crippen LogP contribution in [0.1, 0.15) is 0 Å². The highest BCUT2D eigenvalue weighted by Gasteiger charge is 2.52. The Balaban J connectivity index is 0.963. The zero-order chi connectivity index (χ0) is 42.9. The van der Waals surface area contributed by atoms with Crippen LogP contribution < -0.4 is 41.2 Å². The second kappa shape index (κ2) is 15.4. The fourth-order valence-electron chi connectivity index (χ4n) is 10.8. The maximum Gasteiger partial charge on any atom is 0.181 e. The first-order chi connectivity index (χ1) is 32.2. The van der Waals surface area contributed by atoms with E-state index in [9.17, 15) is 0 Å². The molecule has 13 rings (SSSR count). The van der Waals surface area contributed by atoms with Crippen LogP contribution in [0.15, 0.2) is 257 Å². The molecular formula is C60H41NOSSi2. The predicted molar refractivity (Wildman–Crippen MR) is 280 cm³/mol. The number of fused-ring (bicyclic) bond motifs is 11. The molecule has 0 N–H and O–H groups in total. The number of nitrogens with zero attached hydrogens (tertiary/aromatic N) is 1. The van der Waals surface area contributed by atoms with Gasteiger partial charge in [0.05, 0.1) is 0 Å². The van der Waals surface area contributed by atoms with Gasteiger partial charge in [-0.25, -0.2) is 0 Å². The summed E-state index contributed by atoms with van der Waals surface area (Å²) in [6, 6.07) is 90.3. The molecule has 306 valence electrons. The molecule has 11 aromatic rings. The van der Waals surface area contributed by atoms with Gasteiger partial charge in [0.15, 0.2) is 8.07 Å². The maximum atomic E-state index is 6.88. The summed E-state index contributed by atoms with van der Waals surface area (Å²) in [4.78, 5) is 5.06. The largest absolute Gasteiger partial charge is 0.456 e. The molecule has 0 saturated carbocycles. The van der Waals surface area contributed by atoms with E-state index in [-0.39, 0.29) is 0 Å². The first kappa shape index (κ1) is 38.1. The van der Waals surface area contributed by atoms with E-state index < -0.39 is 16.9 Å². The third kappa shape index (κ3) is 6.08. The van der Waals surface area contributed by atoms with Gasteiger partial charge >= 0.3 is 0 Å². The van der Waals surface area contributed by atoms with Gasteiger partial charge in [-0.3, -0.25) is 0 Å². The summed E-state index contributed by atoms with van der Waals surface area (Å²) < 4.78 is 6.88. The molecule has 0 radical (unpaired) electrons. The molecule has 1 atom stereocenters. The molecule has 2 aliphatic rings. The van der Waals surface area contributed by atoms with Crippen LogP contribution in [0.5, 0.6) is 0 Å². The van der Waals surface area contributed by atoms with Gasteiger partial charge in [0, 0.05) is 43.7 Å². The minimum absolute atomic E-state index is 0.870. The summed E-state index contributed by atoms with van der Waals surface area (Å²) >= 11 is 1.93. The Hall–Kier alpha value is -7.42. The molecule has 0 saturated heterocycles. The molecular weight excluding hydrogens is 839 g/mol. The van der Waals surface area contributed by atoms with E-state index in [1.54, 1.807) is 10.4 Å². The number of furan rings is 1. The molecule has 65 heavy (non-hydrogen) atoms. The van der Waals surface area contributed by atoms with Gasteiger partial charge in [-0.15, -0.1) is 0 Å². The van der Waals surface area contributed by atoms with E-state index in [1.165, 1.54) is 52.4 Å². The second-order valence-electron chi connectivity index (χ2n) is 17.2. The van der Waals surface area contributed by atoms with Gasteiger partial charge in [-0.2, -0.15) is 0 Å². The number of benzene rings is 10. The minimum atomic E-state index is -2.78. The predicted octanol–water partition coefficient (Wildman–Crippen LogP) is 10.8. The standard InChI is InChI=1S/C60H41NOSSi2/c1-4-16-41(17-5-1)42-28-32-46(33-29-42)61(45-18-6-2-7-19-45)47-34-36-50-49-35-30-43(38-51(49)62-52(50)40-47)44-31-37-56-60(39-44)65(57-25-13-10-22-53(57)63-54-23-11-14-26-58(54)65)59-27-15-12-24-55(59)64(56)48-20-8-3-9-21-48/h1-40,64H. The summed E-state index contributed by atoms with van der Waals surface area (Å²) in [6.07, 6.45) is 0. The average molecular weight is 880 g/mol. The molecule has 2 nitrogen and oxygen atoms in total. The Kier molecular flexibility index (Phi) is 9.01. The third-order valence-electron chi connectivity index (χ3n) is 13.7. The zero-order valence-electron chi connectivity index (χ0n) is 35.4. The van der Waals surface area contributed by atoms with E-state index >= 15 is 0 Å². The van der Waals surface area contributed by atoms with Crippen molar-refractivity contribution in [1.82, 2.24) is 0 Å². The molecule has 0 bridgehead atoms. The van der Waals surface area contributed by atoms with Crippen LogP contribution in [0.2, 0.25) is 0 Å². The van der Waals surface area contributed by atoms with Crippen molar-refractivity contribution in [1.29, 1.82) is 0 Å². The SMILES string of the molecule is c1ccc(-c2ccc(N(c3ccccc3)c3ccc4c(c3)oc3cc(-c5ccc6c(c5)[Si]5(c7ccccc7Sc7ccccc75)c5ccccc5[SiH]6c5ccccc5)ccc34)cc2)cc1. The Morgan fingerprint density at radius 1 is 0.354 bits per heavy atom. The maximum absolute atomic E-state index is 6.88. The molecule has 1 unspecified atom stereocenters. The smallest absolute Gasteiger partial charge is 0.181 e. The highest BCUT2D eigenvalue weighted by molar-refractivity contribution is 8.00. The highest BCUT2D eigenvalue weighted by Crippen LogP contribution is 2.40. The summed E-state index contributed by atoms with van der Waals surface area (Å²) in [5, 5.41) is 12.9. The lowest BCUT2D eigenvalue weighted by molar-refractivity contribution is 0.669. The van der Waals surface area contributed by atoms with Crippen LogP contribution in [0.25, 0.3) is 44.2 Å². The number of anilines is 3. The molecule has 5 heteroatoms. The lowest BCUT2D eigenvalue weighted by atomic mass is 10.0. The second-order valence-corrected chi connectivity index (χ2v) is 24.7. The van der Waals surface area contributed by atoms with Gasteiger partial charge in [-0.1, -0.05) is 203 Å². The highest BCUT2D eigenvalue weighted by atomic mass is 32.2. The first-order valence-electron chi connectivity index (χ1n) is 22.4. The topological polar surface area (TPSA) is 16.4 Å². The summed E-state index contributed by atoms with van der Waals surface area (Å²) in [5.74, 6) is 0. The molecule has 3 heterocycles. The monoisotopic (exact) mass is 879 g/mol. The number of hydrogen-bond donors (Lipinski definition) is 0. The van der Waals surface area contributed by atoms with Crippen LogP contribution in [0.3, 0.4) is 0 Å². The average Bonchev–Trinajstić information content (AvgIpc) is 3.75. The van der Waals surface area contributed by atoms with Crippen molar-refractivity contribution in [2.45, 2.75) is 9.79 Å². The quantitative estimate of drug-likeness (QED) is 0.155. The molecule has 0 aliphatic carbocycles. The van der Waals surface area contributed by atoms with E-state index in [4.69, 9.17) is 4.42 Å².